The average Bonchev–Trinajstić information content (AvgIpc) is 2.48. The number of rotatable bonds is 6. The van der Waals surface area contributed by atoms with Gasteiger partial charge in [0.05, 0.1) is 4.92 Å². The van der Waals surface area contributed by atoms with Gasteiger partial charge >= 0.3 is 0 Å². The number of piperazine rings is 1. The molecule has 0 saturated carbocycles. The summed E-state index contributed by atoms with van der Waals surface area (Å²) in [6.45, 7) is 4.41. The Morgan fingerprint density at radius 2 is 2.05 bits per heavy atom. The Morgan fingerprint density at radius 1 is 1.33 bits per heavy atom. The van der Waals surface area contributed by atoms with Crippen LogP contribution in [0, 0.1) is 10.1 Å². The highest BCUT2D eigenvalue weighted by Crippen LogP contribution is 2.30. The van der Waals surface area contributed by atoms with E-state index in [1.807, 2.05) is 6.07 Å². The zero-order valence-electron chi connectivity index (χ0n) is 12.3. The molecule has 0 amide bonds. The van der Waals surface area contributed by atoms with Crippen molar-refractivity contribution in [1.29, 1.82) is 0 Å². The predicted molar refractivity (Wildman–Crippen MR) is 83.0 cm³/mol. The first-order valence-electron chi connectivity index (χ1n) is 7.18. The summed E-state index contributed by atoms with van der Waals surface area (Å²) in [5, 5.41) is 22.9. The molecule has 0 unspecified atom stereocenters. The van der Waals surface area contributed by atoms with Gasteiger partial charge in [0.25, 0.3) is 5.69 Å². The zero-order chi connectivity index (χ0) is 15.2. The van der Waals surface area contributed by atoms with E-state index >= 15 is 0 Å². The Hall–Kier alpha value is -1.86. The molecule has 0 bridgehead atoms. The molecule has 0 radical (unpaired) electrons. The van der Waals surface area contributed by atoms with E-state index in [2.05, 4.69) is 22.2 Å². The quantitative estimate of drug-likeness (QED) is 0.465. The van der Waals surface area contributed by atoms with E-state index in [-0.39, 0.29) is 17.2 Å². The highest BCUT2D eigenvalue weighted by Gasteiger charge is 2.18. The van der Waals surface area contributed by atoms with Crippen LogP contribution in [0.2, 0.25) is 0 Å². The standard InChI is InChI=1S/C14H22N4O3/c1-16-6-8-17(9-7-16)12-3-4-14(18(20)21)13(11-12)15-5-2-10-19/h3-4,11,15,19H,2,5-10H2,1H3. The fourth-order valence-electron chi connectivity index (χ4n) is 2.39. The van der Waals surface area contributed by atoms with Crippen LogP contribution in [0.1, 0.15) is 6.42 Å². The number of benzene rings is 1. The monoisotopic (exact) mass is 294 g/mol. The van der Waals surface area contributed by atoms with Crippen molar-refractivity contribution in [2.45, 2.75) is 6.42 Å². The van der Waals surface area contributed by atoms with Crippen molar-refractivity contribution in [1.82, 2.24) is 4.90 Å². The number of nitrogens with one attached hydrogen (secondary N) is 1. The number of anilines is 2. The van der Waals surface area contributed by atoms with E-state index in [0.717, 1.165) is 31.9 Å². The molecule has 2 rings (SSSR count). The van der Waals surface area contributed by atoms with E-state index < -0.39 is 0 Å². The number of nitrogens with zero attached hydrogens (tertiary/aromatic N) is 3. The Balaban J connectivity index is 2.15. The Kier molecular flexibility index (Phi) is 5.35. The molecule has 7 heteroatoms. The third-order valence-corrected chi connectivity index (χ3v) is 3.70. The molecule has 1 aliphatic rings. The second-order valence-electron chi connectivity index (χ2n) is 5.25. The number of nitro groups is 1. The lowest BCUT2D eigenvalue weighted by Gasteiger charge is -2.34. The van der Waals surface area contributed by atoms with Crippen LogP contribution < -0.4 is 10.2 Å². The summed E-state index contributed by atoms with van der Waals surface area (Å²) >= 11 is 0. The molecule has 1 heterocycles. The molecule has 0 aliphatic carbocycles. The van der Waals surface area contributed by atoms with Gasteiger partial charge in [-0.05, 0) is 25.6 Å². The van der Waals surface area contributed by atoms with Crippen molar-refractivity contribution in [3.05, 3.63) is 28.3 Å². The molecule has 1 saturated heterocycles. The van der Waals surface area contributed by atoms with E-state index in [4.69, 9.17) is 5.11 Å². The summed E-state index contributed by atoms with van der Waals surface area (Å²) in [7, 11) is 2.09. The van der Waals surface area contributed by atoms with Crippen LogP contribution in [0.15, 0.2) is 18.2 Å². The number of aliphatic hydroxyl groups is 1. The first-order valence-corrected chi connectivity index (χ1v) is 7.18. The first-order chi connectivity index (χ1) is 10.1. The van der Waals surface area contributed by atoms with Crippen molar-refractivity contribution >= 4 is 17.1 Å². The molecular formula is C14H22N4O3. The van der Waals surface area contributed by atoms with Gasteiger partial charge in [0.1, 0.15) is 5.69 Å². The Bertz CT molecular complexity index is 487. The smallest absolute Gasteiger partial charge is 0.292 e. The molecule has 21 heavy (non-hydrogen) atoms. The van der Waals surface area contributed by atoms with E-state index in [1.165, 1.54) is 0 Å². The molecule has 7 nitrogen and oxygen atoms in total. The lowest BCUT2D eigenvalue weighted by atomic mass is 10.2. The normalized spacial score (nSPS) is 16.0. The predicted octanol–water partition coefficient (Wildman–Crippen LogP) is 1.14. The highest BCUT2D eigenvalue weighted by molar-refractivity contribution is 5.69. The molecule has 1 aromatic rings. The summed E-state index contributed by atoms with van der Waals surface area (Å²) in [5.41, 5.74) is 1.59. The Morgan fingerprint density at radius 3 is 2.67 bits per heavy atom. The van der Waals surface area contributed by atoms with Crippen molar-refractivity contribution in [2.24, 2.45) is 0 Å². The van der Waals surface area contributed by atoms with Gasteiger partial charge in [-0.2, -0.15) is 0 Å². The third-order valence-electron chi connectivity index (χ3n) is 3.70. The zero-order valence-corrected chi connectivity index (χ0v) is 12.3. The number of likely N-dealkylation sites (N-methyl/N-ethyl adjacent to an activating group) is 1. The number of hydrogen-bond acceptors (Lipinski definition) is 6. The van der Waals surface area contributed by atoms with Crippen molar-refractivity contribution in [3.63, 3.8) is 0 Å². The van der Waals surface area contributed by atoms with Gasteiger partial charge in [0.2, 0.25) is 0 Å². The molecule has 1 fully saturated rings. The average molecular weight is 294 g/mol. The maximum Gasteiger partial charge on any atom is 0.292 e. The molecule has 1 aromatic carbocycles. The maximum absolute atomic E-state index is 11.1. The SMILES string of the molecule is CN1CCN(c2ccc([N+](=O)[O-])c(NCCCO)c2)CC1. The Labute approximate surface area is 124 Å². The summed E-state index contributed by atoms with van der Waals surface area (Å²) in [6, 6.07) is 5.19. The molecule has 0 spiro atoms. The van der Waals surface area contributed by atoms with Crippen molar-refractivity contribution < 1.29 is 10.0 Å². The van der Waals surface area contributed by atoms with Gasteiger partial charge in [0.15, 0.2) is 0 Å². The fraction of sp³-hybridized carbons (Fsp3) is 0.571. The molecule has 0 aromatic heterocycles. The van der Waals surface area contributed by atoms with Crippen LogP contribution in [0.5, 0.6) is 0 Å². The topological polar surface area (TPSA) is 81.9 Å². The molecular weight excluding hydrogens is 272 g/mol. The molecule has 0 atom stereocenters. The maximum atomic E-state index is 11.1. The van der Waals surface area contributed by atoms with Crippen LogP contribution in [-0.4, -0.2) is 61.3 Å². The second-order valence-corrected chi connectivity index (χ2v) is 5.25. The van der Waals surface area contributed by atoms with E-state index in [0.29, 0.717) is 18.7 Å². The minimum Gasteiger partial charge on any atom is -0.396 e. The van der Waals surface area contributed by atoms with Crippen LogP contribution in [0.3, 0.4) is 0 Å². The van der Waals surface area contributed by atoms with Gasteiger partial charge in [0, 0.05) is 51.1 Å². The summed E-state index contributed by atoms with van der Waals surface area (Å²) in [5.74, 6) is 0. The summed E-state index contributed by atoms with van der Waals surface area (Å²) in [6.07, 6.45) is 0.565. The van der Waals surface area contributed by atoms with Crippen LogP contribution >= 0.6 is 0 Å². The highest BCUT2D eigenvalue weighted by atomic mass is 16.6. The summed E-state index contributed by atoms with van der Waals surface area (Å²) < 4.78 is 0. The van der Waals surface area contributed by atoms with E-state index in [1.54, 1.807) is 12.1 Å². The molecule has 1 aliphatic heterocycles. The fourth-order valence-corrected chi connectivity index (χ4v) is 2.39. The van der Waals surface area contributed by atoms with Gasteiger partial charge in [-0.3, -0.25) is 10.1 Å². The van der Waals surface area contributed by atoms with Crippen molar-refractivity contribution in [3.8, 4) is 0 Å². The molecule has 2 N–H and O–H groups in total. The third kappa shape index (κ3) is 4.05. The lowest BCUT2D eigenvalue weighted by molar-refractivity contribution is -0.383. The van der Waals surface area contributed by atoms with Gasteiger partial charge in [-0.25, -0.2) is 0 Å². The van der Waals surface area contributed by atoms with E-state index in [9.17, 15) is 10.1 Å². The second kappa shape index (κ2) is 7.24. The largest absolute Gasteiger partial charge is 0.396 e. The van der Waals surface area contributed by atoms with Crippen molar-refractivity contribution in [2.75, 3.05) is 56.6 Å². The lowest BCUT2D eigenvalue weighted by Crippen LogP contribution is -2.44. The van der Waals surface area contributed by atoms with Crippen LogP contribution in [0.25, 0.3) is 0 Å². The summed E-state index contributed by atoms with van der Waals surface area (Å²) in [4.78, 5) is 15.2. The molecule has 116 valence electrons. The number of hydrogen-bond donors (Lipinski definition) is 2. The minimum atomic E-state index is -0.380. The van der Waals surface area contributed by atoms with Crippen LogP contribution in [0.4, 0.5) is 17.1 Å². The van der Waals surface area contributed by atoms with Gasteiger partial charge < -0.3 is 20.2 Å². The van der Waals surface area contributed by atoms with Gasteiger partial charge in [-0.1, -0.05) is 0 Å². The number of nitro benzene ring substituents is 1. The first kappa shape index (κ1) is 15.5. The van der Waals surface area contributed by atoms with Gasteiger partial charge in [-0.15, -0.1) is 0 Å². The minimum absolute atomic E-state index is 0.0684. The van der Waals surface area contributed by atoms with Crippen LogP contribution in [-0.2, 0) is 0 Å². The number of aliphatic hydroxyl groups excluding tert-OH is 1.